The van der Waals surface area contributed by atoms with Gasteiger partial charge in [-0.25, -0.2) is 4.68 Å². The van der Waals surface area contributed by atoms with Gasteiger partial charge in [0.05, 0.1) is 12.2 Å². The first-order chi connectivity index (χ1) is 16.4. The number of anilines is 1. The first kappa shape index (κ1) is 23.2. The molecule has 2 heterocycles. The monoisotopic (exact) mass is 474 g/mol. The number of rotatable bonds is 4. The number of amides is 1. The topological polar surface area (TPSA) is 50.2 Å². The summed E-state index contributed by atoms with van der Waals surface area (Å²) >= 11 is 0. The SMILES string of the molecule is O=C(c1cnn2c1N[C@@H](c1ccccc1)C[C@@H]2C(F)(F)F)N(C1CCCCC1)C1CCCCC1. The predicted octanol–water partition coefficient (Wildman–Crippen LogP) is 6.65. The van der Waals surface area contributed by atoms with Crippen molar-refractivity contribution in [3.8, 4) is 0 Å². The Morgan fingerprint density at radius 2 is 1.53 bits per heavy atom. The maximum atomic E-state index is 14.1. The Balaban J connectivity index is 1.51. The van der Waals surface area contributed by atoms with E-state index in [4.69, 9.17) is 0 Å². The summed E-state index contributed by atoms with van der Waals surface area (Å²) < 4.78 is 43.2. The number of nitrogens with one attached hydrogen (secondary N) is 1. The second-order valence-electron chi connectivity index (χ2n) is 10.0. The average molecular weight is 475 g/mol. The van der Waals surface area contributed by atoms with Crippen LogP contribution in [0.5, 0.6) is 0 Å². The fraction of sp³-hybridized carbons (Fsp3) is 0.615. The standard InChI is InChI=1S/C26H33F3N4O/c27-26(28,29)23-16-22(18-10-4-1-5-11-18)31-24-21(17-30-33(23)24)25(34)32(19-12-6-2-7-13-19)20-14-8-3-9-15-20/h1,4-5,10-11,17,19-20,22-23,31H,2-3,6-9,12-16H2/t22-,23-/m1/s1. The van der Waals surface area contributed by atoms with Crippen molar-refractivity contribution in [3.05, 3.63) is 47.7 Å². The minimum atomic E-state index is -4.46. The molecule has 1 aliphatic heterocycles. The number of nitrogens with zero attached hydrogens (tertiary/aromatic N) is 3. The van der Waals surface area contributed by atoms with E-state index in [1.165, 1.54) is 19.0 Å². The quantitative estimate of drug-likeness (QED) is 0.540. The molecular weight excluding hydrogens is 441 g/mol. The minimum Gasteiger partial charge on any atom is -0.363 e. The first-order valence-electron chi connectivity index (χ1n) is 12.7. The number of benzene rings is 1. The van der Waals surface area contributed by atoms with Crippen molar-refractivity contribution in [2.75, 3.05) is 5.32 Å². The van der Waals surface area contributed by atoms with Crippen LogP contribution >= 0.6 is 0 Å². The Labute approximate surface area is 198 Å². The van der Waals surface area contributed by atoms with Gasteiger partial charge in [0.2, 0.25) is 0 Å². The Morgan fingerprint density at radius 3 is 2.09 bits per heavy atom. The lowest BCUT2D eigenvalue weighted by Crippen LogP contribution is -2.49. The van der Waals surface area contributed by atoms with Crippen LogP contribution in [0.2, 0.25) is 0 Å². The van der Waals surface area contributed by atoms with Crippen LogP contribution in [0, 0.1) is 0 Å². The minimum absolute atomic E-state index is 0.159. The van der Waals surface area contributed by atoms with E-state index in [1.807, 2.05) is 35.2 Å². The molecule has 3 aliphatic rings. The van der Waals surface area contributed by atoms with Crippen molar-refractivity contribution in [1.82, 2.24) is 14.7 Å². The lowest BCUT2D eigenvalue weighted by Gasteiger charge is -2.42. The molecule has 2 atom stereocenters. The molecule has 2 aromatic rings. The molecule has 0 spiro atoms. The summed E-state index contributed by atoms with van der Waals surface area (Å²) in [6, 6.07) is 7.16. The van der Waals surface area contributed by atoms with Gasteiger partial charge < -0.3 is 10.2 Å². The summed E-state index contributed by atoms with van der Waals surface area (Å²) in [5, 5.41) is 7.37. The highest BCUT2D eigenvalue weighted by Crippen LogP contribution is 2.45. The van der Waals surface area contributed by atoms with Gasteiger partial charge in [0, 0.05) is 18.5 Å². The van der Waals surface area contributed by atoms with E-state index >= 15 is 0 Å². The second kappa shape index (κ2) is 9.62. The van der Waals surface area contributed by atoms with Crippen LogP contribution in [0.25, 0.3) is 0 Å². The van der Waals surface area contributed by atoms with Gasteiger partial charge >= 0.3 is 6.18 Å². The smallest absolute Gasteiger partial charge is 0.363 e. The highest BCUT2D eigenvalue weighted by Gasteiger charge is 2.48. The van der Waals surface area contributed by atoms with Crippen LogP contribution in [0.4, 0.5) is 19.0 Å². The third-order valence-electron chi connectivity index (χ3n) is 7.84. The molecule has 0 unspecified atom stereocenters. The van der Waals surface area contributed by atoms with E-state index in [1.54, 1.807) is 0 Å². The summed E-state index contributed by atoms with van der Waals surface area (Å²) in [5.41, 5.74) is 1.05. The van der Waals surface area contributed by atoms with Crippen molar-refractivity contribution in [2.45, 2.75) is 101 Å². The molecule has 5 nitrogen and oxygen atoms in total. The Morgan fingerprint density at radius 1 is 0.941 bits per heavy atom. The molecule has 0 bridgehead atoms. The summed E-state index contributed by atoms with van der Waals surface area (Å²) in [4.78, 5) is 16.1. The summed E-state index contributed by atoms with van der Waals surface area (Å²) in [6.07, 6.45) is 7.36. The summed E-state index contributed by atoms with van der Waals surface area (Å²) in [5.74, 6) is 0.0335. The van der Waals surface area contributed by atoms with Crippen molar-refractivity contribution in [2.24, 2.45) is 0 Å². The molecule has 2 saturated carbocycles. The zero-order valence-corrected chi connectivity index (χ0v) is 19.4. The highest BCUT2D eigenvalue weighted by atomic mass is 19.4. The van der Waals surface area contributed by atoms with Crippen LogP contribution in [0.3, 0.4) is 0 Å². The maximum Gasteiger partial charge on any atom is 0.410 e. The van der Waals surface area contributed by atoms with Gasteiger partial charge in [-0.3, -0.25) is 4.79 Å². The molecule has 1 N–H and O–H groups in total. The number of hydrogen-bond acceptors (Lipinski definition) is 3. The Hall–Kier alpha value is -2.51. The zero-order valence-electron chi connectivity index (χ0n) is 19.4. The fourth-order valence-electron chi connectivity index (χ4n) is 6.11. The van der Waals surface area contributed by atoms with E-state index in [0.29, 0.717) is 0 Å². The van der Waals surface area contributed by atoms with Crippen molar-refractivity contribution < 1.29 is 18.0 Å². The number of halogens is 3. The van der Waals surface area contributed by atoms with Crippen LogP contribution in [-0.2, 0) is 0 Å². The zero-order chi connectivity index (χ0) is 23.7. The Kier molecular flexibility index (Phi) is 6.58. The van der Waals surface area contributed by atoms with E-state index in [9.17, 15) is 18.0 Å². The van der Waals surface area contributed by atoms with Gasteiger partial charge in [-0.15, -0.1) is 0 Å². The number of carbonyl (C=O) groups is 1. The van der Waals surface area contributed by atoms with Gasteiger partial charge in [-0.1, -0.05) is 68.9 Å². The lowest BCUT2D eigenvalue weighted by atomic mass is 9.88. The lowest BCUT2D eigenvalue weighted by molar-refractivity contribution is -0.173. The van der Waals surface area contributed by atoms with E-state index in [0.717, 1.165) is 61.6 Å². The van der Waals surface area contributed by atoms with E-state index < -0.39 is 18.3 Å². The number of fused-ring (bicyclic) bond motifs is 1. The van der Waals surface area contributed by atoms with Crippen molar-refractivity contribution in [3.63, 3.8) is 0 Å². The van der Waals surface area contributed by atoms with Crippen LogP contribution in [0.1, 0.15) is 98.6 Å². The molecule has 1 aromatic carbocycles. The molecule has 2 aliphatic carbocycles. The van der Waals surface area contributed by atoms with Crippen LogP contribution < -0.4 is 5.32 Å². The molecular formula is C26H33F3N4O. The van der Waals surface area contributed by atoms with Gasteiger partial charge in [0.15, 0.2) is 6.04 Å². The molecule has 2 fully saturated rings. The largest absolute Gasteiger partial charge is 0.410 e. The first-order valence-corrected chi connectivity index (χ1v) is 12.7. The van der Waals surface area contributed by atoms with E-state index in [2.05, 4.69) is 10.4 Å². The number of carbonyl (C=O) groups excluding carboxylic acids is 1. The molecule has 184 valence electrons. The number of alkyl halides is 3. The maximum absolute atomic E-state index is 14.1. The molecule has 0 saturated heterocycles. The number of hydrogen-bond donors (Lipinski definition) is 1. The normalized spacial score (nSPS) is 24.3. The molecule has 5 rings (SSSR count). The second-order valence-corrected chi connectivity index (χ2v) is 10.0. The van der Waals surface area contributed by atoms with Gasteiger partial charge in [0.25, 0.3) is 5.91 Å². The van der Waals surface area contributed by atoms with Crippen molar-refractivity contribution >= 4 is 11.7 Å². The fourth-order valence-corrected chi connectivity index (χ4v) is 6.11. The van der Waals surface area contributed by atoms with E-state index in [-0.39, 0.29) is 35.8 Å². The average Bonchev–Trinajstić information content (AvgIpc) is 3.29. The number of aromatic nitrogens is 2. The molecule has 34 heavy (non-hydrogen) atoms. The molecule has 8 heteroatoms. The molecule has 1 aromatic heterocycles. The predicted molar refractivity (Wildman–Crippen MR) is 125 cm³/mol. The third kappa shape index (κ3) is 4.56. The van der Waals surface area contributed by atoms with Crippen LogP contribution in [-0.4, -0.2) is 38.8 Å². The summed E-state index contributed by atoms with van der Waals surface area (Å²) in [7, 11) is 0. The van der Waals surface area contributed by atoms with Gasteiger partial charge in [-0.2, -0.15) is 18.3 Å². The summed E-state index contributed by atoms with van der Waals surface area (Å²) in [6.45, 7) is 0. The Bertz CT molecular complexity index is 960. The molecule has 1 amide bonds. The van der Waals surface area contributed by atoms with Crippen LogP contribution in [0.15, 0.2) is 36.5 Å². The highest BCUT2D eigenvalue weighted by molar-refractivity contribution is 5.99. The van der Waals surface area contributed by atoms with Gasteiger partial charge in [-0.05, 0) is 31.2 Å². The molecule has 0 radical (unpaired) electrons. The third-order valence-corrected chi connectivity index (χ3v) is 7.84. The van der Waals surface area contributed by atoms with Crippen molar-refractivity contribution in [1.29, 1.82) is 0 Å². The van der Waals surface area contributed by atoms with Gasteiger partial charge in [0.1, 0.15) is 11.4 Å².